The second kappa shape index (κ2) is 6.39. The normalized spacial score (nSPS) is 10.7. The number of fused-ring (bicyclic) bond motifs is 1. The summed E-state index contributed by atoms with van der Waals surface area (Å²) in [4.78, 5) is 29.1. The molecule has 0 saturated carbocycles. The van der Waals surface area contributed by atoms with Crippen LogP contribution in [-0.4, -0.2) is 27.9 Å². The lowest BCUT2D eigenvalue weighted by Gasteiger charge is -2.06. The van der Waals surface area contributed by atoms with Crippen LogP contribution in [0.5, 0.6) is 0 Å². The van der Waals surface area contributed by atoms with Crippen molar-refractivity contribution in [2.45, 2.75) is 6.92 Å². The Labute approximate surface area is 140 Å². The quantitative estimate of drug-likeness (QED) is 0.732. The van der Waals surface area contributed by atoms with Crippen molar-refractivity contribution in [2.24, 2.45) is 0 Å². The zero-order chi connectivity index (χ0) is 16.4. The third kappa shape index (κ3) is 3.06. The van der Waals surface area contributed by atoms with Gasteiger partial charge in [0.2, 0.25) is 0 Å². The van der Waals surface area contributed by atoms with Crippen molar-refractivity contribution in [3.8, 4) is 0 Å². The fourth-order valence-corrected chi connectivity index (χ4v) is 3.00. The lowest BCUT2D eigenvalue weighted by atomic mass is 10.4. The van der Waals surface area contributed by atoms with Crippen molar-refractivity contribution in [2.75, 3.05) is 11.9 Å². The first-order chi connectivity index (χ1) is 11.1. The predicted octanol–water partition coefficient (Wildman–Crippen LogP) is 3.48. The first-order valence-corrected chi connectivity index (χ1v) is 8.00. The monoisotopic (exact) mass is 349 g/mol. The second-order valence-corrected chi connectivity index (χ2v) is 6.23. The number of halogens is 1. The van der Waals surface area contributed by atoms with Gasteiger partial charge in [-0.25, -0.2) is 9.78 Å². The molecule has 0 radical (unpaired) electrons. The van der Waals surface area contributed by atoms with Gasteiger partial charge in [0.1, 0.15) is 5.65 Å². The summed E-state index contributed by atoms with van der Waals surface area (Å²) in [5.41, 5.74) is 0.601. The number of thiophene rings is 1. The fourth-order valence-electron chi connectivity index (χ4n) is 2.06. The molecule has 1 N–H and O–H groups in total. The third-order valence-electron chi connectivity index (χ3n) is 3.03. The summed E-state index contributed by atoms with van der Waals surface area (Å²) < 4.78 is 7.14. The molecule has 3 aromatic rings. The van der Waals surface area contributed by atoms with Crippen LogP contribution >= 0.6 is 22.9 Å². The van der Waals surface area contributed by atoms with Gasteiger partial charge in [0, 0.05) is 6.20 Å². The Morgan fingerprint density at radius 3 is 2.87 bits per heavy atom. The molecule has 0 bridgehead atoms. The Morgan fingerprint density at radius 1 is 1.35 bits per heavy atom. The number of carbonyl (C=O) groups is 2. The molecule has 0 spiro atoms. The van der Waals surface area contributed by atoms with Crippen LogP contribution in [0, 0.1) is 0 Å². The van der Waals surface area contributed by atoms with E-state index < -0.39 is 5.97 Å². The lowest BCUT2D eigenvalue weighted by molar-refractivity contribution is 0.0521. The summed E-state index contributed by atoms with van der Waals surface area (Å²) >= 11 is 7.01. The number of rotatable bonds is 4. The number of amides is 1. The zero-order valence-corrected chi connectivity index (χ0v) is 13.6. The summed E-state index contributed by atoms with van der Waals surface area (Å²) in [6.07, 6.45) is 1.71. The largest absolute Gasteiger partial charge is 0.461 e. The molecule has 23 heavy (non-hydrogen) atoms. The molecule has 118 valence electrons. The van der Waals surface area contributed by atoms with Crippen LogP contribution in [0.25, 0.3) is 5.65 Å². The number of nitrogens with one attached hydrogen (secondary N) is 1. The summed E-state index contributed by atoms with van der Waals surface area (Å²) in [6.45, 7) is 1.93. The van der Waals surface area contributed by atoms with E-state index in [0.717, 1.165) is 11.3 Å². The second-order valence-electron chi connectivity index (χ2n) is 4.52. The average Bonchev–Trinajstić information content (AvgIpc) is 3.12. The van der Waals surface area contributed by atoms with Gasteiger partial charge in [-0.2, -0.15) is 0 Å². The van der Waals surface area contributed by atoms with E-state index in [2.05, 4.69) is 10.3 Å². The van der Waals surface area contributed by atoms with Crippen LogP contribution < -0.4 is 5.32 Å². The van der Waals surface area contributed by atoms with Crippen LogP contribution in [0.2, 0.25) is 4.34 Å². The van der Waals surface area contributed by atoms with Gasteiger partial charge in [-0.3, -0.25) is 9.20 Å². The molecule has 0 aromatic carbocycles. The molecule has 0 fully saturated rings. The molecule has 3 aromatic heterocycles. The molecule has 0 aliphatic rings. The first-order valence-electron chi connectivity index (χ1n) is 6.81. The van der Waals surface area contributed by atoms with Crippen molar-refractivity contribution >= 4 is 46.3 Å². The minimum absolute atomic E-state index is 0.0639. The van der Waals surface area contributed by atoms with E-state index in [1.54, 1.807) is 47.9 Å². The van der Waals surface area contributed by atoms with Gasteiger partial charge in [-0.15, -0.1) is 11.3 Å². The van der Waals surface area contributed by atoms with E-state index in [1.165, 1.54) is 0 Å². The maximum atomic E-state index is 12.3. The van der Waals surface area contributed by atoms with Crippen LogP contribution in [0.1, 0.15) is 27.1 Å². The molecule has 3 heterocycles. The van der Waals surface area contributed by atoms with Gasteiger partial charge in [0.15, 0.2) is 11.5 Å². The molecule has 3 rings (SSSR count). The Morgan fingerprint density at radius 2 is 2.17 bits per heavy atom. The highest BCUT2D eigenvalue weighted by atomic mass is 35.5. The Balaban J connectivity index is 2.02. The summed E-state index contributed by atoms with van der Waals surface area (Å²) in [7, 11) is 0. The van der Waals surface area contributed by atoms with Gasteiger partial charge >= 0.3 is 5.97 Å². The molecule has 0 saturated heterocycles. The molecule has 6 nitrogen and oxygen atoms in total. The number of esters is 1. The minimum Gasteiger partial charge on any atom is -0.461 e. The zero-order valence-electron chi connectivity index (χ0n) is 12.1. The SMILES string of the molecule is CCOC(=O)c1nc2ccccn2c1NC(=O)c1ccc(Cl)s1. The van der Waals surface area contributed by atoms with Gasteiger partial charge in [-0.05, 0) is 31.2 Å². The molecular formula is C15H12ClN3O3S. The van der Waals surface area contributed by atoms with Crippen LogP contribution in [0.15, 0.2) is 36.5 Å². The van der Waals surface area contributed by atoms with Crippen molar-refractivity contribution in [3.05, 3.63) is 51.4 Å². The highest BCUT2D eigenvalue weighted by Crippen LogP contribution is 2.24. The number of anilines is 1. The molecular weight excluding hydrogens is 338 g/mol. The smallest absolute Gasteiger partial charge is 0.360 e. The highest BCUT2D eigenvalue weighted by Gasteiger charge is 2.22. The number of hydrogen-bond acceptors (Lipinski definition) is 5. The number of aromatic nitrogens is 2. The van der Waals surface area contributed by atoms with Gasteiger partial charge in [0.05, 0.1) is 15.8 Å². The van der Waals surface area contributed by atoms with E-state index in [1.807, 2.05) is 0 Å². The summed E-state index contributed by atoms with van der Waals surface area (Å²) in [5.74, 6) is -0.678. The standard InChI is InChI=1S/C15H12ClN3O3S/c1-2-22-15(21)12-13(19-8-4-3-5-11(19)17-12)18-14(20)9-6-7-10(16)23-9/h3-8H,2H2,1H3,(H,18,20). The maximum Gasteiger partial charge on any atom is 0.360 e. The number of pyridine rings is 1. The molecule has 0 aliphatic carbocycles. The van der Waals surface area contributed by atoms with Crippen molar-refractivity contribution in [1.82, 2.24) is 9.38 Å². The number of imidazole rings is 1. The van der Waals surface area contributed by atoms with Gasteiger partial charge in [0.25, 0.3) is 5.91 Å². The van der Waals surface area contributed by atoms with Crippen LogP contribution in [-0.2, 0) is 4.74 Å². The first kappa shape index (κ1) is 15.5. The topological polar surface area (TPSA) is 72.7 Å². The van der Waals surface area contributed by atoms with E-state index in [-0.39, 0.29) is 24.0 Å². The van der Waals surface area contributed by atoms with Crippen molar-refractivity contribution in [3.63, 3.8) is 0 Å². The molecule has 0 unspecified atom stereocenters. The Kier molecular flexibility index (Phi) is 4.31. The Hall–Kier alpha value is -2.38. The third-order valence-corrected chi connectivity index (χ3v) is 4.26. The van der Waals surface area contributed by atoms with Gasteiger partial charge in [-0.1, -0.05) is 17.7 Å². The number of ether oxygens (including phenoxy) is 1. The van der Waals surface area contributed by atoms with Gasteiger partial charge < -0.3 is 10.1 Å². The van der Waals surface area contributed by atoms with Crippen LogP contribution in [0.3, 0.4) is 0 Å². The fraction of sp³-hybridized carbons (Fsp3) is 0.133. The van der Waals surface area contributed by atoms with Crippen LogP contribution in [0.4, 0.5) is 5.82 Å². The van der Waals surface area contributed by atoms with Crippen molar-refractivity contribution < 1.29 is 14.3 Å². The number of carbonyl (C=O) groups excluding carboxylic acids is 2. The molecule has 1 amide bonds. The molecule has 8 heteroatoms. The number of nitrogens with zero attached hydrogens (tertiary/aromatic N) is 2. The summed E-state index contributed by atoms with van der Waals surface area (Å²) in [5, 5.41) is 2.71. The van der Waals surface area contributed by atoms with Crippen molar-refractivity contribution in [1.29, 1.82) is 0 Å². The Bertz CT molecular complexity index is 887. The molecule has 0 aliphatic heterocycles. The summed E-state index contributed by atoms with van der Waals surface area (Å²) in [6, 6.07) is 8.57. The van der Waals surface area contributed by atoms with E-state index >= 15 is 0 Å². The van der Waals surface area contributed by atoms with E-state index in [0.29, 0.717) is 14.9 Å². The minimum atomic E-state index is -0.587. The highest BCUT2D eigenvalue weighted by molar-refractivity contribution is 7.18. The number of hydrogen-bond donors (Lipinski definition) is 1. The predicted molar refractivity (Wildman–Crippen MR) is 88.4 cm³/mol. The average molecular weight is 350 g/mol. The molecule has 0 atom stereocenters. The maximum absolute atomic E-state index is 12.3. The van der Waals surface area contributed by atoms with E-state index in [9.17, 15) is 9.59 Å². The van der Waals surface area contributed by atoms with E-state index in [4.69, 9.17) is 16.3 Å². The lowest BCUT2D eigenvalue weighted by Crippen LogP contribution is -2.16.